The van der Waals surface area contributed by atoms with E-state index in [1.807, 2.05) is 12.1 Å². The second kappa shape index (κ2) is 6.77. The molecular formula is C12H17ClN2OS. The summed E-state index contributed by atoms with van der Waals surface area (Å²) in [6.45, 7) is 4.36. The van der Waals surface area contributed by atoms with Crippen LogP contribution in [0.5, 0.6) is 0 Å². The highest BCUT2D eigenvalue weighted by Crippen LogP contribution is 2.27. The molecule has 3 N–H and O–H groups in total. The number of oxime groups is 1. The summed E-state index contributed by atoms with van der Waals surface area (Å²) in [4.78, 5) is 0.991. The quantitative estimate of drug-likeness (QED) is 0.283. The molecule has 0 fully saturated rings. The van der Waals surface area contributed by atoms with E-state index in [0.717, 1.165) is 17.1 Å². The van der Waals surface area contributed by atoms with Crippen molar-refractivity contribution in [3.8, 4) is 0 Å². The molecule has 1 aromatic rings. The monoisotopic (exact) mass is 272 g/mol. The molecule has 3 nitrogen and oxygen atoms in total. The highest BCUT2D eigenvalue weighted by molar-refractivity contribution is 7.99. The number of amidine groups is 1. The van der Waals surface area contributed by atoms with Crippen molar-refractivity contribution in [1.82, 2.24) is 0 Å². The Morgan fingerprint density at radius 2 is 2.29 bits per heavy atom. The Hall–Kier alpha value is -0.870. The zero-order chi connectivity index (χ0) is 12.8. The van der Waals surface area contributed by atoms with E-state index in [-0.39, 0.29) is 5.84 Å². The molecule has 17 heavy (non-hydrogen) atoms. The minimum atomic E-state index is 0.0964. The minimum absolute atomic E-state index is 0.0964. The summed E-state index contributed by atoms with van der Waals surface area (Å²) in [7, 11) is 0. The van der Waals surface area contributed by atoms with Gasteiger partial charge in [0.05, 0.1) is 0 Å². The van der Waals surface area contributed by atoms with Crippen LogP contribution in [-0.4, -0.2) is 16.8 Å². The van der Waals surface area contributed by atoms with Gasteiger partial charge in [0.2, 0.25) is 0 Å². The van der Waals surface area contributed by atoms with Crippen LogP contribution >= 0.6 is 23.4 Å². The molecule has 1 aromatic carbocycles. The van der Waals surface area contributed by atoms with Crippen LogP contribution in [0.1, 0.15) is 25.8 Å². The van der Waals surface area contributed by atoms with Gasteiger partial charge in [-0.2, -0.15) is 0 Å². The average molecular weight is 273 g/mol. The van der Waals surface area contributed by atoms with Gasteiger partial charge in [0.15, 0.2) is 5.84 Å². The van der Waals surface area contributed by atoms with Crippen LogP contribution in [0.15, 0.2) is 28.3 Å². The number of hydrogen-bond acceptors (Lipinski definition) is 3. The molecule has 5 heteroatoms. The first kappa shape index (κ1) is 14.2. The molecule has 0 spiro atoms. The summed E-state index contributed by atoms with van der Waals surface area (Å²) >= 11 is 7.61. The Balaban J connectivity index is 2.91. The van der Waals surface area contributed by atoms with Crippen LogP contribution in [0.25, 0.3) is 0 Å². The van der Waals surface area contributed by atoms with Crippen molar-refractivity contribution in [3.63, 3.8) is 0 Å². The fraction of sp³-hybridized carbons (Fsp3) is 0.417. The second-order valence-electron chi connectivity index (χ2n) is 3.95. The fourth-order valence-electron chi connectivity index (χ4n) is 1.23. The lowest BCUT2D eigenvalue weighted by Crippen LogP contribution is -2.14. The number of benzene rings is 1. The fourth-order valence-corrected chi connectivity index (χ4v) is 2.59. The molecule has 0 radical (unpaired) electrons. The van der Waals surface area contributed by atoms with Gasteiger partial charge in [-0.1, -0.05) is 37.0 Å². The van der Waals surface area contributed by atoms with Crippen LogP contribution < -0.4 is 5.73 Å². The second-order valence-corrected chi connectivity index (χ2v) is 5.45. The lowest BCUT2D eigenvalue weighted by molar-refractivity contribution is 0.318. The summed E-state index contributed by atoms with van der Waals surface area (Å²) in [5.74, 6) is 1.74. The summed E-state index contributed by atoms with van der Waals surface area (Å²) in [6, 6.07) is 5.44. The van der Waals surface area contributed by atoms with E-state index >= 15 is 0 Å². The van der Waals surface area contributed by atoms with Crippen LogP contribution in [-0.2, 0) is 0 Å². The van der Waals surface area contributed by atoms with Crippen molar-refractivity contribution in [1.29, 1.82) is 0 Å². The van der Waals surface area contributed by atoms with E-state index < -0.39 is 0 Å². The van der Waals surface area contributed by atoms with E-state index in [0.29, 0.717) is 16.5 Å². The number of hydrogen-bond donors (Lipinski definition) is 2. The number of nitrogens with zero attached hydrogens (tertiary/aromatic N) is 1. The predicted molar refractivity (Wildman–Crippen MR) is 74.1 cm³/mol. The molecule has 1 unspecified atom stereocenters. The molecule has 1 rings (SSSR count). The summed E-state index contributed by atoms with van der Waals surface area (Å²) in [5.41, 5.74) is 6.32. The van der Waals surface area contributed by atoms with E-state index in [1.54, 1.807) is 17.8 Å². The smallest absolute Gasteiger partial charge is 0.171 e. The molecule has 0 saturated carbocycles. The molecule has 0 saturated heterocycles. The highest BCUT2D eigenvalue weighted by atomic mass is 35.5. The SMILES string of the molecule is CCC(C)CSc1ccc(Cl)cc1/C(N)=N/O. The lowest BCUT2D eigenvalue weighted by atomic mass is 10.2. The number of halogens is 1. The van der Waals surface area contributed by atoms with E-state index in [2.05, 4.69) is 19.0 Å². The standard InChI is InChI=1S/C12H17ClN2OS/c1-3-8(2)7-17-11-5-4-9(13)6-10(11)12(14)15-16/h4-6,8,16H,3,7H2,1-2H3,(H2,14,15). The summed E-state index contributed by atoms with van der Waals surface area (Å²) in [5, 5.41) is 12.4. The minimum Gasteiger partial charge on any atom is -0.409 e. The first-order chi connectivity index (χ1) is 8.08. The Labute approximate surface area is 111 Å². The van der Waals surface area contributed by atoms with E-state index in [1.165, 1.54) is 0 Å². The van der Waals surface area contributed by atoms with E-state index in [4.69, 9.17) is 22.5 Å². The van der Waals surface area contributed by atoms with Crippen molar-refractivity contribution in [2.75, 3.05) is 5.75 Å². The first-order valence-electron chi connectivity index (χ1n) is 5.48. The molecule has 0 aromatic heterocycles. The topological polar surface area (TPSA) is 58.6 Å². The van der Waals surface area contributed by atoms with Crippen LogP contribution in [0.3, 0.4) is 0 Å². The van der Waals surface area contributed by atoms with Gasteiger partial charge >= 0.3 is 0 Å². The van der Waals surface area contributed by atoms with E-state index in [9.17, 15) is 0 Å². The molecule has 0 heterocycles. The highest BCUT2D eigenvalue weighted by Gasteiger charge is 2.10. The zero-order valence-corrected chi connectivity index (χ0v) is 11.6. The maximum absolute atomic E-state index is 8.74. The van der Waals surface area contributed by atoms with Gasteiger partial charge in [0.1, 0.15) is 0 Å². The number of nitrogens with two attached hydrogens (primary N) is 1. The molecule has 1 atom stereocenters. The first-order valence-corrected chi connectivity index (χ1v) is 6.85. The zero-order valence-electron chi connectivity index (χ0n) is 9.98. The number of thioether (sulfide) groups is 1. The average Bonchev–Trinajstić information content (AvgIpc) is 2.35. The van der Waals surface area contributed by atoms with Gasteiger partial charge in [0.25, 0.3) is 0 Å². The molecule has 94 valence electrons. The predicted octanol–water partition coefficient (Wildman–Crippen LogP) is 3.57. The molecular weight excluding hydrogens is 256 g/mol. The Bertz CT molecular complexity index is 409. The Kier molecular flexibility index (Phi) is 5.65. The molecule has 0 aliphatic rings. The van der Waals surface area contributed by atoms with Gasteiger partial charge in [-0.25, -0.2) is 0 Å². The van der Waals surface area contributed by atoms with Crippen molar-refractivity contribution in [2.24, 2.45) is 16.8 Å². The van der Waals surface area contributed by atoms with Gasteiger partial charge < -0.3 is 10.9 Å². The van der Waals surface area contributed by atoms with Crippen LogP contribution in [0, 0.1) is 5.92 Å². The van der Waals surface area contributed by atoms with Gasteiger partial charge in [0, 0.05) is 21.2 Å². The normalized spacial score (nSPS) is 13.7. The largest absolute Gasteiger partial charge is 0.409 e. The van der Waals surface area contributed by atoms with Crippen molar-refractivity contribution >= 4 is 29.2 Å². The van der Waals surface area contributed by atoms with Crippen molar-refractivity contribution in [3.05, 3.63) is 28.8 Å². The maximum Gasteiger partial charge on any atom is 0.171 e. The van der Waals surface area contributed by atoms with Gasteiger partial charge in [-0.05, 0) is 24.1 Å². The Morgan fingerprint density at radius 3 is 2.88 bits per heavy atom. The van der Waals surface area contributed by atoms with Gasteiger partial charge in [-0.3, -0.25) is 0 Å². The molecule has 0 aliphatic heterocycles. The third-order valence-corrected chi connectivity index (χ3v) is 4.18. The lowest BCUT2D eigenvalue weighted by Gasteiger charge is -2.11. The molecule has 0 bridgehead atoms. The van der Waals surface area contributed by atoms with Crippen LogP contribution in [0.4, 0.5) is 0 Å². The van der Waals surface area contributed by atoms with Crippen LogP contribution in [0.2, 0.25) is 5.02 Å². The molecule has 0 aliphatic carbocycles. The summed E-state index contributed by atoms with van der Waals surface area (Å²) in [6.07, 6.45) is 1.14. The Morgan fingerprint density at radius 1 is 1.59 bits per heavy atom. The number of rotatable bonds is 5. The van der Waals surface area contributed by atoms with Gasteiger partial charge in [-0.15, -0.1) is 11.8 Å². The van der Waals surface area contributed by atoms with Crippen molar-refractivity contribution < 1.29 is 5.21 Å². The maximum atomic E-state index is 8.74. The summed E-state index contributed by atoms with van der Waals surface area (Å²) < 4.78 is 0. The molecule has 0 amide bonds. The van der Waals surface area contributed by atoms with Crippen molar-refractivity contribution in [2.45, 2.75) is 25.2 Å². The third kappa shape index (κ3) is 4.13. The third-order valence-electron chi connectivity index (χ3n) is 2.55.